The van der Waals surface area contributed by atoms with Crippen molar-refractivity contribution in [2.45, 2.75) is 91.5 Å². The summed E-state index contributed by atoms with van der Waals surface area (Å²) in [6.45, 7) is 21.3. The minimum absolute atomic E-state index is 0.0703. The van der Waals surface area contributed by atoms with E-state index in [0.29, 0.717) is 23.3 Å². The number of fused-ring (bicyclic) bond motifs is 2. The van der Waals surface area contributed by atoms with Crippen molar-refractivity contribution in [1.29, 1.82) is 0 Å². The lowest BCUT2D eigenvalue weighted by atomic mass is 9.80. The van der Waals surface area contributed by atoms with Gasteiger partial charge >= 0.3 is 0 Å². The van der Waals surface area contributed by atoms with Crippen LogP contribution in [0, 0.1) is 0 Å². The first-order valence-electron chi connectivity index (χ1n) is 14.0. The van der Waals surface area contributed by atoms with Crippen LogP contribution in [0.4, 0.5) is 11.7 Å². The predicted molar refractivity (Wildman–Crippen MR) is 165 cm³/mol. The summed E-state index contributed by atoms with van der Waals surface area (Å²) in [5.74, 6) is -0.579. The van der Waals surface area contributed by atoms with Gasteiger partial charge in [0.2, 0.25) is 0 Å². The van der Waals surface area contributed by atoms with E-state index in [1.807, 2.05) is 19.1 Å². The number of methoxy groups -OCH3 is 1. The van der Waals surface area contributed by atoms with Crippen LogP contribution >= 0.6 is 0 Å². The number of anilines is 2. The van der Waals surface area contributed by atoms with Crippen molar-refractivity contribution in [1.82, 2.24) is 10.3 Å². The van der Waals surface area contributed by atoms with E-state index in [-0.39, 0.29) is 45.1 Å². The number of carbonyl (C=O) groups excluding carboxylic acids is 1. The predicted octanol–water partition coefficient (Wildman–Crippen LogP) is 7.34. The zero-order chi connectivity index (χ0) is 30.5. The highest BCUT2D eigenvalue weighted by Crippen LogP contribution is 2.38. The standard InChI is InChI=1S/C33H43N3O5/c1-18(17-39-11)34-29(38)26-16-25(37)21-12-19(31(2,3)4)14-23(27(21)40-26)35-30-36-24-15-20(32(5,6)7)13-22(28(24)41-30)33(8,9)10/h12-16,18H,17H2,1-11H3,(H,34,38)(H,35,36). The smallest absolute Gasteiger partial charge is 0.300 e. The molecule has 0 radical (unpaired) electrons. The van der Waals surface area contributed by atoms with E-state index in [1.54, 1.807) is 7.11 Å². The van der Waals surface area contributed by atoms with Crippen LogP contribution in [-0.2, 0) is 21.0 Å². The third-order valence-corrected chi connectivity index (χ3v) is 7.12. The number of benzene rings is 2. The first kappa shape index (κ1) is 30.3. The molecule has 0 aliphatic rings. The van der Waals surface area contributed by atoms with Crippen molar-refractivity contribution in [3.63, 3.8) is 0 Å². The molecule has 1 atom stereocenters. The summed E-state index contributed by atoms with van der Waals surface area (Å²) >= 11 is 0. The topological polar surface area (TPSA) is 107 Å². The van der Waals surface area contributed by atoms with Gasteiger partial charge in [-0.3, -0.25) is 9.59 Å². The van der Waals surface area contributed by atoms with E-state index in [9.17, 15) is 9.59 Å². The monoisotopic (exact) mass is 561 g/mol. The van der Waals surface area contributed by atoms with Crippen LogP contribution in [-0.4, -0.2) is 30.6 Å². The lowest BCUT2D eigenvalue weighted by Crippen LogP contribution is -2.36. The number of nitrogens with one attached hydrogen (secondary N) is 2. The Morgan fingerprint density at radius 1 is 0.878 bits per heavy atom. The van der Waals surface area contributed by atoms with E-state index in [1.165, 1.54) is 11.6 Å². The zero-order valence-corrected chi connectivity index (χ0v) is 26.2. The number of ether oxygens (including phenoxy) is 1. The second-order valence-electron chi connectivity index (χ2n) is 14.0. The molecule has 0 bridgehead atoms. The summed E-state index contributed by atoms with van der Waals surface area (Å²) in [6, 6.07) is 9.24. The number of hydrogen-bond acceptors (Lipinski definition) is 7. The van der Waals surface area contributed by atoms with Crippen LogP contribution in [0.2, 0.25) is 0 Å². The first-order chi connectivity index (χ1) is 18.9. The first-order valence-corrected chi connectivity index (χ1v) is 14.0. The molecule has 0 spiro atoms. The van der Waals surface area contributed by atoms with Crippen molar-refractivity contribution in [2.24, 2.45) is 0 Å². The Morgan fingerprint density at radius 2 is 1.51 bits per heavy atom. The minimum atomic E-state index is -0.495. The van der Waals surface area contributed by atoms with Crippen LogP contribution in [0.15, 0.2) is 44.0 Å². The van der Waals surface area contributed by atoms with Gasteiger partial charge in [0.1, 0.15) is 5.52 Å². The molecule has 8 heteroatoms. The molecule has 2 aromatic heterocycles. The highest BCUT2D eigenvalue weighted by atomic mass is 16.5. The molecule has 0 aliphatic heterocycles. The molecule has 0 saturated heterocycles. The van der Waals surface area contributed by atoms with E-state index in [2.05, 4.69) is 85.1 Å². The second kappa shape index (κ2) is 10.6. The average molecular weight is 562 g/mol. The molecule has 1 amide bonds. The minimum Gasteiger partial charge on any atom is -0.448 e. The van der Waals surface area contributed by atoms with Gasteiger partial charge in [-0.25, -0.2) is 0 Å². The van der Waals surface area contributed by atoms with Crippen LogP contribution < -0.4 is 16.1 Å². The fourth-order valence-corrected chi connectivity index (χ4v) is 4.67. The van der Waals surface area contributed by atoms with Gasteiger partial charge in [0.25, 0.3) is 11.9 Å². The Hall–Kier alpha value is -3.65. The SMILES string of the molecule is COCC(C)NC(=O)c1cc(=O)c2cc(C(C)(C)C)cc(Nc3nc4cc(C(C)(C)C)cc(C(C)(C)C)c4o3)c2o1. The van der Waals surface area contributed by atoms with Gasteiger partial charge in [-0.1, -0.05) is 68.4 Å². The highest BCUT2D eigenvalue weighted by Gasteiger charge is 2.26. The van der Waals surface area contributed by atoms with Gasteiger partial charge in [-0.15, -0.1) is 0 Å². The number of hydrogen-bond donors (Lipinski definition) is 2. The van der Waals surface area contributed by atoms with Gasteiger partial charge in [-0.05, 0) is 52.5 Å². The molecule has 4 aromatic rings. The average Bonchev–Trinajstić information content (AvgIpc) is 3.24. The molecule has 0 aliphatic carbocycles. The van der Waals surface area contributed by atoms with Gasteiger partial charge < -0.3 is 24.2 Å². The highest BCUT2D eigenvalue weighted by molar-refractivity contribution is 5.96. The van der Waals surface area contributed by atoms with Crippen LogP contribution in [0.1, 0.15) is 96.5 Å². The Labute approximate surface area is 241 Å². The van der Waals surface area contributed by atoms with Gasteiger partial charge in [0, 0.05) is 24.8 Å². The molecule has 8 nitrogen and oxygen atoms in total. The number of amides is 1. The maximum atomic E-state index is 13.3. The van der Waals surface area contributed by atoms with Gasteiger partial charge in [-0.2, -0.15) is 4.98 Å². The van der Waals surface area contributed by atoms with E-state index < -0.39 is 5.91 Å². The van der Waals surface area contributed by atoms with E-state index >= 15 is 0 Å². The number of oxazole rings is 1. The summed E-state index contributed by atoms with van der Waals surface area (Å²) in [4.78, 5) is 31.0. The normalized spacial score (nSPS) is 13.5. The molecular weight excluding hydrogens is 518 g/mol. The lowest BCUT2D eigenvalue weighted by molar-refractivity contribution is 0.0878. The molecule has 1 unspecified atom stereocenters. The van der Waals surface area contributed by atoms with Crippen molar-refractivity contribution >= 4 is 39.7 Å². The fourth-order valence-electron chi connectivity index (χ4n) is 4.67. The summed E-state index contributed by atoms with van der Waals surface area (Å²) in [7, 11) is 1.56. The van der Waals surface area contributed by atoms with E-state index in [0.717, 1.165) is 16.6 Å². The quantitative estimate of drug-likeness (QED) is 0.254. The molecule has 0 fully saturated rings. The summed E-state index contributed by atoms with van der Waals surface area (Å²) in [5, 5.41) is 6.44. The second-order valence-corrected chi connectivity index (χ2v) is 14.0. The Kier molecular flexibility index (Phi) is 7.86. The lowest BCUT2D eigenvalue weighted by Gasteiger charge is -2.24. The number of nitrogens with zero attached hydrogens (tertiary/aromatic N) is 1. The third kappa shape index (κ3) is 6.48. The number of aromatic nitrogens is 1. The van der Waals surface area contributed by atoms with E-state index in [4.69, 9.17) is 18.6 Å². The summed E-state index contributed by atoms with van der Waals surface area (Å²) < 4.78 is 17.5. The largest absolute Gasteiger partial charge is 0.448 e. The van der Waals surface area contributed by atoms with Crippen molar-refractivity contribution in [2.75, 3.05) is 19.0 Å². The molecule has 41 heavy (non-hydrogen) atoms. The Bertz CT molecular complexity index is 1660. The summed E-state index contributed by atoms with van der Waals surface area (Å²) in [5.41, 5.74) is 4.53. The molecule has 220 valence electrons. The molecular formula is C33H43N3O5. The molecule has 4 rings (SSSR count). The molecule has 2 aromatic carbocycles. The fraction of sp³-hybridized carbons (Fsp3) is 0.485. The van der Waals surface area contributed by atoms with Gasteiger partial charge in [0.15, 0.2) is 22.4 Å². The third-order valence-electron chi connectivity index (χ3n) is 7.12. The summed E-state index contributed by atoms with van der Waals surface area (Å²) in [6.07, 6.45) is 0. The number of rotatable bonds is 6. The maximum absolute atomic E-state index is 13.3. The van der Waals surface area contributed by atoms with Crippen molar-refractivity contribution in [3.05, 3.63) is 63.0 Å². The maximum Gasteiger partial charge on any atom is 0.300 e. The van der Waals surface area contributed by atoms with Crippen molar-refractivity contribution in [3.8, 4) is 0 Å². The van der Waals surface area contributed by atoms with Crippen molar-refractivity contribution < 1.29 is 18.4 Å². The molecule has 2 N–H and O–H groups in total. The Balaban J connectivity index is 1.89. The zero-order valence-electron chi connectivity index (χ0n) is 26.2. The van der Waals surface area contributed by atoms with Crippen LogP contribution in [0.5, 0.6) is 0 Å². The van der Waals surface area contributed by atoms with Crippen LogP contribution in [0.25, 0.3) is 22.1 Å². The van der Waals surface area contributed by atoms with Crippen LogP contribution in [0.3, 0.4) is 0 Å². The Morgan fingerprint density at radius 3 is 2.10 bits per heavy atom. The van der Waals surface area contributed by atoms with Gasteiger partial charge in [0.05, 0.1) is 17.7 Å². The molecule has 2 heterocycles. The molecule has 0 saturated carbocycles. The number of carbonyl (C=O) groups is 1.